The van der Waals surface area contributed by atoms with Gasteiger partial charge in [-0.25, -0.2) is 14.8 Å². The second kappa shape index (κ2) is 6.59. The van der Waals surface area contributed by atoms with E-state index >= 15 is 0 Å². The Morgan fingerprint density at radius 2 is 1.56 bits per heavy atom. The summed E-state index contributed by atoms with van der Waals surface area (Å²) in [5, 5.41) is 8.84. The van der Waals surface area contributed by atoms with E-state index in [1.807, 2.05) is 13.0 Å². The van der Waals surface area contributed by atoms with Crippen molar-refractivity contribution in [1.29, 1.82) is 0 Å². The zero-order valence-corrected chi connectivity index (χ0v) is 17.1. The first kappa shape index (κ1) is 19.3. The number of rotatable bonds is 3. The average molecular weight is 364 g/mol. The molecule has 1 aliphatic rings. The largest absolute Gasteiger partial charge is 0.478 e. The fraction of sp³-hybridized carbons (Fsp3) is 0.435. The van der Waals surface area contributed by atoms with Crippen molar-refractivity contribution in [3.05, 3.63) is 52.4 Å². The average Bonchev–Trinajstić information content (AvgIpc) is 2.55. The monoisotopic (exact) mass is 364 g/mol. The molecule has 1 N–H and O–H groups in total. The van der Waals surface area contributed by atoms with E-state index < -0.39 is 5.97 Å². The first-order valence-corrected chi connectivity index (χ1v) is 9.42. The molecule has 27 heavy (non-hydrogen) atoms. The van der Waals surface area contributed by atoms with Gasteiger partial charge in [0.15, 0.2) is 0 Å². The third-order valence-electron chi connectivity index (χ3n) is 5.70. The third kappa shape index (κ3) is 3.80. The van der Waals surface area contributed by atoms with Crippen molar-refractivity contribution < 1.29 is 9.90 Å². The molecule has 0 unspecified atom stereocenters. The molecule has 0 saturated heterocycles. The minimum absolute atomic E-state index is 0.127. The molecule has 1 aromatic carbocycles. The molecule has 0 atom stereocenters. The van der Waals surface area contributed by atoms with Crippen molar-refractivity contribution in [1.82, 2.24) is 9.97 Å². The number of allylic oxidation sites excluding steroid dienone is 2. The van der Waals surface area contributed by atoms with Gasteiger partial charge in [0, 0.05) is 6.08 Å². The number of benzene rings is 1. The van der Waals surface area contributed by atoms with E-state index in [2.05, 4.69) is 39.8 Å². The van der Waals surface area contributed by atoms with Gasteiger partial charge in [-0.2, -0.15) is 0 Å². The Balaban J connectivity index is 2.13. The highest BCUT2D eigenvalue weighted by Crippen LogP contribution is 2.46. The molecule has 4 nitrogen and oxygen atoms in total. The Kier molecular flexibility index (Phi) is 4.71. The van der Waals surface area contributed by atoms with Crippen LogP contribution < -0.4 is 0 Å². The molecule has 4 heteroatoms. The number of fused-ring (bicyclic) bond motifs is 2. The zero-order valence-electron chi connectivity index (χ0n) is 17.1. The SMILES string of the molecule is CC(/C=C/c1nc2cc3c(cc2nc1C)C(C)(C)CCC3(C)C)=C\C(=O)O. The maximum Gasteiger partial charge on any atom is 0.328 e. The van der Waals surface area contributed by atoms with Crippen LogP contribution >= 0.6 is 0 Å². The molecule has 0 saturated carbocycles. The van der Waals surface area contributed by atoms with E-state index in [1.165, 1.54) is 23.6 Å². The number of nitrogens with zero attached hydrogens (tertiary/aromatic N) is 2. The van der Waals surface area contributed by atoms with Crippen molar-refractivity contribution in [2.24, 2.45) is 0 Å². The van der Waals surface area contributed by atoms with Gasteiger partial charge in [0.2, 0.25) is 0 Å². The van der Waals surface area contributed by atoms with Crippen molar-refractivity contribution in [2.75, 3.05) is 0 Å². The fourth-order valence-electron chi connectivity index (χ4n) is 3.83. The van der Waals surface area contributed by atoms with E-state index in [9.17, 15) is 4.79 Å². The van der Waals surface area contributed by atoms with Crippen LogP contribution in [0.2, 0.25) is 0 Å². The van der Waals surface area contributed by atoms with Gasteiger partial charge in [-0.1, -0.05) is 33.8 Å². The summed E-state index contributed by atoms with van der Waals surface area (Å²) in [6.07, 6.45) is 7.11. The summed E-state index contributed by atoms with van der Waals surface area (Å²) >= 11 is 0. The Bertz CT molecular complexity index is 982. The maximum atomic E-state index is 10.8. The lowest BCUT2D eigenvalue weighted by Gasteiger charge is -2.41. The van der Waals surface area contributed by atoms with E-state index in [0.717, 1.165) is 28.8 Å². The molecule has 0 fully saturated rings. The topological polar surface area (TPSA) is 63.1 Å². The Morgan fingerprint density at radius 3 is 2.07 bits per heavy atom. The van der Waals surface area contributed by atoms with Crippen LogP contribution in [0.1, 0.15) is 70.0 Å². The van der Waals surface area contributed by atoms with Crippen molar-refractivity contribution in [3.8, 4) is 0 Å². The summed E-state index contributed by atoms with van der Waals surface area (Å²) in [5.41, 5.74) is 7.11. The molecule has 0 bridgehead atoms. The Hall–Kier alpha value is -2.49. The number of carboxylic acids is 1. The number of hydrogen-bond acceptors (Lipinski definition) is 3. The normalized spacial score (nSPS) is 18.7. The minimum atomic E-state index is -0.949. The fourth-order valence-corrected chi connectivity index (χ4v) is 3.83. The summed E-state index contributed by atoms with van der Waals surface area (Å²) in [5.74, 6) is -0.949. The molecule has 0 spiro atoms. The number of carbonyl (C=O) groups is 1. The standard InChI is InChI=1S/C23H28N2O2/c1-14(11-21(26)27)7-8-18-15(2)24-19-12-16-17(13-20(19)25-18)23(5,6)10-9-22(16,3)4/h7-8,11-13H,9-10H2,1-6H3,(H,26,27)/b8-7+,14-11+. The third-order valence-corrected chi connectivity index (χ3v) is 5.70. The molecule has 142 valence electrons. The van der Waals surface area contributed by atoms with Crippen LogP contribution in [-0.2, 0) is 15.6 Å². The molecule has 2 aromatic rings. The highest BCUT2D eigenvalue weighted by molar-refractivity contribution is 5.82. The number of hydrogen-bond donors (Lipinski definition) is 1. The van der Waals surface area contributed by atoms with Crippen LogP contribution in [0.25, 0.3) is 17.1 Å². The second-order valence-electron chi connectivity index (χ2n) is 8.91. The predicted molar refractivity (Wildman–Crippen MR) is 110 cm³/mol. The lowest BCUT2D eigenvalue weighted by molar-refractivity contribution is -0.131. The zero-order chi connectivity index (χ0) is 20.0. The van der Waals surface area contributed by atoms with E-state index in [-0.39, 0.29) is 10.8 Å². The van der Waals surface area contributed by atoms with Gasteiger partial charge in [-0.05, 0) is 72.4 Å². The van der Waals surface area contributed by atoms with E-state index in [1.54, 1.807) is 13.0 Å². The van der Waals surface area contributed by atoms with Crippen molar-refractivity contribution >= 4 is 23.1 Å². The van der Waals surface area contributed by atoms with E-state index in [4.69, 9.17) is 15.1 Å². The molecular weight excluding hydrogens is 336 g/mol. The summed E-state index contributed by atoms with van der Waals surface area (Å²) < 4.78 is 0. The van der Waals surface area contributed by atoms with Crippen LogP contribution in [-0.4, -0.2) is 21.0 Å². The van der Waals surface area contributed by atoms with Crippen LogP contribution in [0.4, 0.5) is 0 Å². The first-order valence-electron chi connectivity index (χ1n) is 9.42. The van der Waals surface area contributed by atoms with Gasteiger partial charge < -0.3 is 5.11 Å². The van der Waals surface area contributed by atoms with Gasteiger partial charge in [-0.15, -0.1) is 0 Å². The smallest absolute Gasteiger partial charge is 0.328 e. The van der Waals surface area contributed by atoms with Crippen LogP contribution in [0, 0.1) is 6.92 Å². The quantitative estimate of drug-likeness (QED) is 0.590. The van der Waals surface area contributed by atoms with Gasteiger partial charge in [0.25, 0.3) is 0 Å². The van der Waals surface area contributed by atoms with E-state index in [0.29, 0.717) is 5.57 Å². The Labute approximate surface area is 161 Å². The second-order valence-corrected chi connectivity index (χ2v) is 8.91. The highest BCUT2D eigenvalue weighted by Gasteiger charge is 2.37. The van der Waals surface area contributed by atoms with Crippen LogP contribution in [0.3, 0.4) is 0 Å². The molecule has 1 heterocycles. The van der Waals surface area contributed by atoms with Gasteiger partial charge in [0.1, 0.15) is 0 Å². The van der Waals surface area contributed by atoms with Gasteiger partial charge in [0.05, 0.1) is 22.4 Å². The highest BCUT2D eigenvalue weighted by atomic mass is 16.4. The number of aliphatic carboxylic acids is 1. The minimum Gasteiger partial charge on any atom is -0.478 e. The van der Waals surface area contributed by atoms with Gasteiger partial charge in [-0.3, -0.25) is 0 Å². The van der Waals surface area contributed by atoms with Crippen LogP contribution in [0.15, 0.2) is 29.9 Å². The first-order chi connectivity index (χ1) is 12.5. The molecule has 1 aliphatic carbocycles. The lowest BCUT2D eigenvalue weighted by Crippen LogP contribution is -2.33. The lowest BCUT2D eigenvalue weighted by atomic mass is 9.63. The molecule has 3 rings (SSSR count). The summed E-state index contributed by atoms with van der Waals surface area (Å²) in [4.78, 5) is 20.4. The maximum absolute atomic E-state index is 10.8. The molecule has 0 radical (unpaired) electrons. The summed E-state index contributed by atoms with van der Waals surface area (Å²) in [7, 11) is 0. The molecule has 0 aliphatic heterocycles. The summed E-state index contributed by atoms with van der Waals surface area (Å²) in [6, 6.07) is 4.42. The van der Waals surface area contributed by atoms with Crippen LogP contribution in [0.5, 0.6) is 0 Å². The molecule has 0 amide bonds. The number of carboxylic acid groups (broad SMARTS) is 1. The Morgan fingerprint density at radius 1 is 1.04 bits per heavy atom. The molecule has 1 aromatic heterocycles. The number of aryl methyl sites for hydroxylation is 1. The molecular formula is C23H28N2O2. The van der Waals surface area contributed by atoms with Crippen molar-refractivity contribution in [2.45, 2.75) is 65.2 Å². The predicted octanol–water partition coefficient (Wildman–Crippen LogP) is 5.33. The van der Waals surface area contributed by atoms with Gasteiger partial charge >= 0.3 is 5.97 Å². The number of aromatic nitrogens is 2. The van der Waals surface area contributed by atoms with Crippen molar-refractivity contribution in [3.63, 3.8) is 0 Å². The summed E-state index contributed by atoms with van der Waals surface area (Å²) in [6.45, 7) is 12.9.